The number of carbonyl (C=O) groups excluding carboxylic acids is 1. The molecule has 0 bridgehead atoms. The van der Waals surface area contributed by atoms with Crippen molar-refractivity contribution in [1.29, 1.82) is 0 Å². The molecular weight excluding hydrogens is 392 g/mol. The summed E-state index contributed by atoms with van der Waals surface area (Å²) in [5.74, 6) is 2.20. The Morgan fingerprint density at radius 2 is 1.74 bits per heavy atom. The molecule has 2 aromatic heterocycles. The molecule has 2 N–H and O–H groups in total. The molecule has 0 saturated carbocycles. The Morgan fingerprint density at radius 1 is 0.935 bits per heavy atom. The summed E-state index contributed by atoms with van der Waals surface area (Å²) in [7, 11) is 1.68. The monoisotopic (exact) mass is 416 g/mol. The summed E-state index contributed by atoms with van der Waals surface area (Å²) in [6, 6.07) is 20.9. The van der Waals surface area contributed by atoms with Crippen molar-refractivity contribution in [3.8, 4) is 5.75 Å². The number of nitrogens with zero attached hydrogens (tertiary/aromatic N) is 4. The van der Waals surface area contributed by atoms with E-state index in [1.54, 1.807) is 23.8 Å². The SMILES string of the molecule is COc1ccccc1CCNc1ccc2nnc(CCNC(=O)c3ccccc3)n2n1. The molecule has 158 valence electrons. The zero-order valence-corrected chi connectivity index (χ0v) is 17.3. The lowest BCUT2D eigenvalue weighted by Crippen LogP contribution is -2.26. The van der Waals surface area contributed by atoms with Crippen molar-refractivity contribution in [1.82, 2.24) is 25.1 Å². The van der Waals surface area contributed by atoms with Gasteiger partial charge in [0.15, 0.2) is 11.5 Å². The van der Waals surface area contributed by atoms with Crippen LogP contribution in [0.3, 0.4) is 0 Å². The molecule has 0 aliphatic rings. The second kappa shape index (κ2) is 9.71. The first-order chi connectivity index (χ1) is 15.2. The van der Waals surface area contributed by atoms with E-state index < -0.39 is 0 Å². The van der Waals surface area contributed by atoms with Crippen molar-refractivity contribution in [2.24, 2.45) is 0 Å². The Balaban J connectivity index is 1.35. The molecule has 0 radical (unpaired) electrons. The number of hydrogen-bond donors (Lipinski definition) is 2. The summed E-state index contributed by atoms with van der Waals surface area (Å²) in [6.45, 7) is 1.16. The minimum absolute atomic E-state index is 0.110. The molecule has 8 nitrogen and oxygen atoms in total. The van der Waals surface area contributed by atoms with E-state index in [1.165, 1.54) is 0 Å². The molecule has 0 saturated heterocycles. The number of aromatic nitrogens is 4. The molecular formula is C23H24N6O2. The highest BCUT2D eigenvalue weighted by Crippen LogP contribution is 2.18. The lowest BCUT2D eigenvalue weighted by Gasteiger charge is -2.09. The Hall–Kier alpha value is -3.94. The first-order valence-corrected chi connectivity index (χ1v) is 10.1. The van der Waals surface area contributed by atoms with Crippen molar-refractivity contribution in [3.05, 3.63) is 83.7 Å². The van der Waals surface area contributed by atoms with Gasteiger partial charge in [-0.25, -0.2) is 0 Å². The average Bonchev–Trinajstić information content (AvgIpc) is 3.22. The van der Waals surface area contributed by atoms with E-state index in [0.717, 1.165) is 23.6 Å². The molecule has 0 aliphatic heterocycles. The first kappa shape index (κ1) is 20.3. The van der Waals surface area contributed by atoms with Crippen molar-refractivity contribution >= 4 is 17.4 Å². The zero-order valence-electron chi connectivity index (χ0n) is 17.3. The lowest BCUT2D eigenvalue weighted by molar-refractivity contribution is 0.0954. The van der Waals surface area contributed by atoms with Crippen LogP contribution in [0.25, 0.3) is 5.65 Å². The lowest BCUT2D eigenvalue weighted by atomic mass is 10.1. The number of methoxy groups -OCH3 is 1. The molecule has 2 aromatic carbocycles. The van der Waals surface area contributed by atoms with E-state index in [1.807, 2.05) is 48.5 Å². The summed E-state index contributed by atoms with van der Waals surface area (Å²) < 4.78 is 7.11. The van der Waals surface area contributed by atoms with Gasteiger partial charge >= 0.3 is 0 Å². The van der Waals surface area contributed by atoms with Gasteiger partial charge < -0.3 is 15.4 Å². The summed E-state index contributed by atoms with van der Waals surface area (Å²) in [6.07, 6.45) is 1.34. The molecule has 0 spiro atoms. The highest BCUT2D eigenvalue weighted by Gasteiger charge is 2.10. The van der Waals surface area contributed by atoms with Crippen molar-refractivity contribution in [2.45, 2.75) is 12.8 Å². The van der Waals surface area contributed by atoms with Crippen LogP contribution in [0.4, 0.5) is 5.82 Å². The van der Waals surface area contributed by atoms with Crippen molar-refractivity contribution in [2.75, 3.05) is 25.5 Å². The number of nitrogens with one attached hydrogen (secondary N) is 2. The Labute approximate surface area is 180 Å². The quantitative estimate of drug-likeness (QED) is 0.436. The maximum Gasteiger partial charge on any atom is 0.251 e. The van der Waals surface area contributed by atoms with Crippen LogP contribution in [-0.2, 0) is 12.8 Å². The van der Waals surface area contributed by atoms with Gasteiger partial charge in [0.25, 0.3) is 5.91 Å². The Kier molecular flexibility index (Phi) is 6.37. The largest absolute Gasteiger partial charge is 0.496 e. The van der Waals surface area contributed by atoms with Crippen LogP contribution in [0.1, 0.15) is 21.7 Å². The minimum Gasteiger partial charge on any atom is -0.496 e. The molecule has 0 unspecified atom stereocenters. The maximum absolute atomic E-state index is 12.2. The topological polar surface area (TPSA) is 93.4 Å². The van der Waals surface area contributed by atoms with E-state index in [-0.39, 0.29) is 5.91 Å². The van der Waals surface area contributed by atoms with Gasteiger partial charge in [0.1, 0.15) is 11.6 Å². The third-order valence-corrected chi connectivity index (χ3v) is 4.89. The molecule has 4 rings (SSSR count). The Bertz CT molecular complexity index is 1160. The number of fused-ring (bicyclic) bond motifs is 1. The standard InChI is InChI=1S/C23H24N6O2/c1-31-19-10-6-5-7-17(19)13-15-24-20-11-12-21-26-27-22(29(21)28-20)14-16-25-23(30)18-8-3-2-4-9-18/h2-12H,13-16H2,1H3,(H,24,28)(H,25,30). The number of carbonyl (C=O) groups is 1. The van der Waals surface area contributed by atoms with E-state index in [2.05, 4.69) is 32.0 Å². The van der Waals surface area contributed by atoms with Crippen LogP contribution < -0.4 is 15.4 Å². The van der Waals surface area contributed by atoms with Gasteiger partial charge in [0, 0.05) is 25.1 Å². The molecule has 0 aliphatic carbocycles. The molecule has 0 fully saturated rings. The molecule has 2 heterocycles. The van der Waals surface area contributed by atoms with E-state index in [0.29, 0.717) is 36.5 Å². The smallest absolute Gasteiger partial charge is 0.251 e. The third-order valence-electron chi connectivity index (χ3n) is 4.89. The fraction of sp³-hybridized carbons (Fsp3) is 0.217. The van der Waals surface area contributed by atoms with E-state index in [9.17, 15) is 4.79 Å². The summed E-state index contributed by atoms with van der Waals surface area (Å²) in [5, 5.41) is 19.2. The van der Waals surface area contributed by atoms with Crippen LogP contribution >= 0.6 is 0 Å². The normalized spacial score (nSPS) is 10.7. The van der Waals surface area contributed by atoms with E-state index in [4.69, 9.17) is 4.74 Å². The number of anilines is 1. The summed E-state index contributed by atoms with van der Waals surface area (Å²) in [4.78, 5) is 12.2. The van der Waals surface area contributed by atoms with Crippen LogP contribution in [-0.4, -0.2) is 45.9 Å². The minimum atomic E-state index is -0.110. The van der Waals surface area contributed by atoms with Gasteiger partial charge in [-0.05, 0) is 42.3 Å². The molecule has 31 heavy (non-hydrogen) atoms. The predicted molar refractivity (Wildman–Crippen MR) is 118 cm³/mol. The number of hydrogen-bond acceptors (Lipinski definition) is 6. The number of rotatable bonds is 9. The predicted octanol–water partition coefficient (Wildman–Crippen LogP) is 2.76. The fourth-order valence-corrected chi connectivity index (χ4v) is 3.30. The molecule has 8 heteroatoms. The summed E-state index contributed by atoms with van der Waals surface area (Å²) >= 11 is 0. The molecule has 1 amide bonds. The highest BCUT2D eigenvalue weighted by atomic mass is 16.5. The van der Waals surface area contributed by atoms with Gasteiger partial charge in [0.2, 0.25) is 0 Å². The van der Waals surface area contributed by atoms with Crippen molar-refractivity contribution in [3.63, 3.8) is 0 Å². The van der Waals surface area contributed by atoms with Crippen molar-refractivity contribution < 1.29 is 9.53 Å². The fourth-order valence-electron chi connectivity index (χ4n) is 3.30. The summed E-state index contributed by atoms with van der Waals surface area (Å²) in [5.41, 5.74) is 2.44. The first-order valence-electron chi connectivity index (χ1n) is 10.1. The number of para-hydroxylation sites is 1. The van der Waals surface area contributed by atoms with Crippen LogP contribution in [0.2, 0.25) is 0 Å². The average molecular weight is 416 g/mol. The van der Waals surface area contributed by atoms with Gasteiger partial charge in [-0.2, -0.15) is 4.52 Å². The van der Waals surface area contributed by atoms with E-state index >= 15 is 0 Å². The van der Waals surface area contributed by atoms with Gasteiger partial charge in [-0.15, -0.1) is 15.3 Å². The van der Waals surface area contributed by atoms with Gasteiger partial charge in [0.05, 0.1) is 7.11 Å². The van der Waals surface area contributed by atoms with Crippen LogP contribution in [0.15, 0.2) is 66.7 Å². The maximum atomic E-state index is 12.2. The third kappa shape index (κ3) is 4.98. The highest BCUT2D eigenvalue weighted by molar-refractivity contribution is 5.94. The van der Waals surface area contributed by atoms with Gasteiger partial charge in [-0.3, -0.25) is 4.79 Å². The second-order valence-corrected chi connectivity index (χ2v) is 6.97. The molecule has 0 atom stereocenters. The number of benzene rings is 2. The zero-order chi connectivity index (χ0) is 21.5. The number of amides is 1. The molecule has 4 aromatic rings. The van der Waals surface area contributed by atoms with Gasteiger partial charge in [-0.1, -0.05) is 36.4 Å². The van der Waals surface area contributed by atoms with Crippen LogP contribution in [0, 0.1) is 0 Å². The number of ether oxygens (including phenoxy) is 1. The second-order valence-electron chi connectivity index (χ2n) is 6.97. The Morgan fingerprint density at radius 3 is 2.58 bits per heavy atom. The van der Waals surface area contributed by atoms with Crippen LogP contribution in [0.5, 0.6) is 5.75 Å².